The molecule has 0 saturated heterocycles. The van der Waals surface area contributed by atoms with Crippen molar-refractivity contribution in [2.75, 3.05) is 12.5 Å². The van der Waals surface area contributed by atoms with Crippen molar-refractivity contribution in [3.05, 3.63) is 51.0 Å². The van der Waals surface area contributed by atoms with Gasteiger partial charge >= 0.3 is 0 Å². The van der Waals surface area contributed by atoms with Gasteiger partial charge in [-0.2, -0.15) is 5.10 Å². The highest BCUT2D eigenvalue weighted by atomic mass is 79.9. The summed E-state index contributed by atoms with van der Waals surface area (Å²) < 4.78 is 5.79. The summed E-state index contributed by atoms with van der Waals surface area (Å²) in [5.41, 5.74) is 5.41. The number of hydrazone groups is 1. The van der Waals surface area contributed by atoms with Crippen LogP contribution in [0.4, 0.5) is 5.69 Å². The Morgan fingerprint density at radius 3 is 2.76 bits per heavy atom. The van der Waals surface area contributed by atoms with E-state index in [9.17, 15) is 5.11 Å². The molecular formula is C15H14BrClN2O2. The number of aromatic hydroxyl groups is 1. The van der Waals surface area contributed by atoms with Crippen LogP contribution in [-0.2, 0) is 0 Å². The van der Waals surface area contributed by atoms with E-state index in [0.29, 0.717) is 10.8 Å². The Hall–Kier alpha value is -1.72. The van der Waals surface area contributed by atoms with Crippen LogP contribution in [0.3, 0.4) is 0 Å². The minimum absolute atomic E-state index is 0.0560. The number of nitrogens with one attached hydrogen (secondary N) is 1. The number of aryl methyl sites for hydroxylation is 1. The number of nitrogens with zero attached hydrogens (tertiary/aromatic N) is 1. The second kappa shape index (κ2) is 6.83. The second-order valence-electron chi connectivity index (χ2n) is 4.38. The Morgan fingerprint density at radius 2 is 2.10 bits per heavy atom. The van der Waals surface area contributed by atoms with Crippen molar-refractivity contribution < 1.29 is 9.84 Å². The quantitative estimate of drug-likeness (QED) is 0.613. The Kier molecular flexibility index (Phi) is 5.09. The average Bonchev–Trinajstić information content (AvgIpc) is 2.46. The van der Waals surface area contributed by atoms with Gasteiger partial charge in [-0.3, -0.25) is 5.43 Å². The molecule has 2 N–H and O–H groups in total. The summed E-state index contributed by atoms with van der Waals surface area (Å²) in [6.07, 6.45) is 1.59. The van der Waals surface area contributed by atoms with Gasteiger partial charge in [0.2, 0.25) is 0 Å². The molecule has 0 saturated carbocycles. The third kappa shape index (κ3) is 3.89. The van der Waals surface area contributed by atoms with Crippen LogP contribution in [0.2, 0.25) is 5.02 Å². The molecule has 2 aromatic rings. The van der Waals surface area contributed by atoms with Crippen molar-refractivity contribution in [2.24, 2.45) is 5.10 Å². The van der Waals surface area contributed by atoms with Gasteiger partial charge < -0.3 is 9.84 Å². The Labute approximate surface area is 136 Å². The summed E-state index contributed by atoms with van der Waals surface area (Å²) in [6, 6.07) is 8.85. The maximum Gasteiger partial charge on any atom is 0.161 e. The number of hydrogen-bond acceptors (Lipinski definition) is 4. The van der Waals surface area contributed by atoms with E-state index < -0.39 is 0 Å². The zero-order valence-corrected chi connectivity index (χ0v) is 13.9. The topological polar surface area (TPSA) is 53.8 Å². The molecule has 0 aliphatic carbocycles. The molecule has 0 spiro atoms. The fourth-order valence-corrected chi connectivity index (χ4v) is 2.27. The zero-order chi connectivity index (χ0) is 15.4. The van der Waals surface area contributed by atoms with Gasteiger partial charge in [0, 0.05) is 15.1 Å². The molecule has 2 rings (SSSR count). The summed E-state index contributed by atoms with van der Waals surface area (Å²) in [5.74, 6) is 0.456. The fourth-order valence-electron chi connectivity index (χ4n) is 1.66. The number of hydrogen-bond donors (Lipinski definition) is 2. The van der Waals surface area contributed by atoms with E-state index >= 15 is 0 Å². The van der Waals surface area contributed by atoms with Crippen LogP contribution >= 0.6 is 27.5 Å². The molecule has 0 aliphatic heterocycles. The Bertz CT molecular complexity index is 690. The number of methoxy groups -OCH3 is 1. The molecule has 0 radical (unpaired) electrons. The van der Waals surface area contributed by atoms with Crippen LogP contribution in [0.1, 0.15) is 11.1 Å². The standard InChI is InChI=1S/C15H14BrClN2O2/c1-9-3-4-11(6-13(9)17)19-18-8-10-5-14(20)15(21-2)7-12(10)16/h3-8,19-20H,1-2H3/b18-8-. The third-order valence-corrected chi connectivity index (χ3v) is 3.96. The zero-order valence-electron chi connectivity index (χ0n) is 11.5. The predicted molar refractivity (Wildman–Crippen MR) is 89.8 cm³/mol. The molecule has 0 bridgehead atoms. The fraction of sp³-hybridized carbons (Fsp3) is 0.133. The van der Waals surface area contributed by atoms with Crippen molar-refractivity contribution in [2.45, 2.75) is 6.92 Å². The van der Waals surface area contributed by atoms with Gasteiger partial charge in [0.25, 0.3) is 0 Å². The van der Waals surface area contributed by atoms with Crippen LogP contribution in [0.25, 0.3) is 0 Å². The Balaban J connectivity index is 2.14. The first-order valence-corrected chi connectivity index (χ1v) is 7.30. The molecule has 21 heavy (non-hydrogen) atoms. The van der Waals surface area contributed by atoms with Crippen LogP contribution in [0, 0.1) is 6.92 Å². The SMILES string of the molecule is COc1cc(Br)c(/C=N\Nc2ccc(C)c(Cl)c2)cc1O. The summed E-state index contributed by atoms with van der Waals surface area (Å²) in [7, 11) is 1.50. The summed E-state index contributed by atoms with van der Waals surface area (Å²) in [4.78, 5) is 0. The van der Waals surface area contributed by atoms with E-state index in [-0.39, 0.29) is 5.75 Å². The molecule has 0 aromatic heterocycles. The lowest BCUT2D eigenvalue weighted by Crippen LogP contribution is -1.93. The highest BCUT2D eigenvalue weighted by Gasteiger charge is 2.06. The van der Waals surface area contributed by atoms with E-state index in [4.69, 9.17) is 16.3 Å². The van der Waals surface area contributed by atoms with Crippen molar-refractivity contribution in [1.82, 2.24) is 0 Å². The van der Waals surface area contributed by atoms with Gasteiger partial charge in [0.1, 0.15) is 0 Å². The van der Waals surface area contributed by atoms with Gasteiger partial charge in [-0.1, -0.05) is 17.7 Å². The highest BCUT2D eigenvalue weighted by Crippen LogP contribution is 2.31. The molecule has 0 fully saturated rings. The first-order valence-electron chi connectivity index (χ1n) is 6.13. The van der Waals surface area contributed by atoms with E-state index in [0.717, 1.165) is 21.3 Å². The maximum absolute atomic E-state index is 9.75. The van der Waals surface area contributed by atoms with Crippen LogP contribution in [0.15, 0.2) is 39.9 Å². The largest absolute Gasteiger partial charge is 0.504 e. The number of halogens is 2. The summed E-state index contributed by atoms with van der Waals surface area (Å²) in [5, 5.41) is 14.6. The van der Waals surface area contributed by atoms with Crippen molar-refractivity contribution in [3.63, 3.8) is 0 Å². The lowest BCUT2D eigenvalue weighted by atomic mass is 10.2. The highest BCUT2D eigenvalue weighted by molar-refractivity contribution is 9.10. The number of phenolic OH excluding ortho intramolecular Hbond substituents is 1. The van der Waals surface area contributed by atoms with Gasteiger partial charge in [0.15, 0.2) is 11.5 Å². The van der Waals surface area contributed by atoms with Crippen LogP contribution in [0.5, 0.6) is 11.5 Å². The molecule has 110 valence electrons. The second-order valence-corrected chi connectivity index (χ2v) is 5.64. The number of phenols is 1. The van der Waals surface area contributed by atoms with Gasteiger partial charge in [-0.25, -0.2) is 0 Å². The molecule has 6 heteroatoms. The third-order valence-electron chi connectivity index (χ3n) is 2.87. The molecular weight excluding hydrogens is 356 g/mol. The molecule has 0 amide bonds. The van der Waals surface area contributed by atoms with Crippen LogP contribution in [-0.4, -0.2) is 18.4 Å². The predicted octanol–water partition coefficient (Wildman–Crippen LogP) is 4.57. The van der Waals surface area contributed by atoms with Gasteiger partial charge in [0.05, 0.1) is 19.0 Å². The van der Waals surface area contributed by atoms with E-state index in [1.54, 1.807) is 24.4 Å². The van der Waals surface area contributed by atoms with Crippen molar-refractivity contribution in [3.8, 4) is 11.5 Å². The lowest BCUT2D eigenvalue weighted by molar-refractivity contribution is 0.373. The normalized spacial score (nSPS) is 10.9. The van der Waals surface area contributed by atoms with Crippen molar-refractivity contribution >= 4 is 39.4 Å². The molecule has 0 atom stereocenters. The number of anilines is 1. The molecule has 2 aromatic carbocycles. The number of ether oxygens (including phenoxy) is 1. The van der Waals surface area contributed by atoms with E-state index in [1.165, 1.54) is 7.11 Å². The number of rotatable bonds is 4. The van der Waals surface area contributed by atoms with Gasteiger partial charge in [-0.15, -0.1) is 0 Å². The summed E-state index contributed by atoms with van der Waals surface area (Å²) >= 11 is 9.44. The minimum Gasteiger partial charge on any atom is -0.504 e. The van der Waals surface area contributed by atoms with Gasteiger partial charge in [-0.05, 0) is 52.7 Å². The smallest absolute Gasteiger partial charge is 0.161 e. The first-order chi connectivity index (χ1) is 10.0. The average molecular weight is 370 g/mol. The van der Waals surface area contributed by atoms with E-state index in [1.807, 2.05) is 19.1 Å². The summed E-state index contributed by atoms with van der Waals surface area (Å²) in [6.45, 7) is 1.94. The van der Waals surface area contributed by atoms with Crippen molar-refractivity contribution in [1.29, 1.82) is 0 Å². The first kappa shape index (κ1) is 15.7. The van der Waals surface area contributed by atoms with E-state index in [2.05, 4.69) is 26.5 Å². The monoisotopic (exact) mass is 368 g/mol. The number of benzene rings is 2. The molecule has 0 heterocycles. The minimum atomic E-state index is 0.0560. The molecule has 0 unspecified atom stereocenters. The Morgan fingerprint density at radius 1 is 1.33 bits per heavy atom. The maximum atomic E-state index is 9.75. The van der Waals surface area contributed by atoms with Crippen LogP contribution < -0.4 is 10.2 Å². The lowest BCUT2D eigenvalue weighted by Gasteiger charge is -2.06. The molecule has 0 aliphatic rings. The molecule has 4 nitrogen and oxygen atoms in total.